The number of amides is 9. The van der Waals surface area contributed by atoms with Gasteiger partial charge in [0.1, 0.15) is 34.5 Å². The summed E-state index contributed by atoms with van der Waals surface area (Å²) in [6.45, 7) is 4.48. The maximum Gasteiger partial charge on any atom is 0.389 e. The minimum Gasteiger partial charge on any atom is -0.366 e. The van der Waals surface area contributed by atoms with Crippen molar-refractivity contribution in [3.63, 3.8) is 0 Å². The zero-order valence-electron chi connectivity index (χ0n) is 46.2. The van der Waals surface area contributed by atoms with Crippen LogP contribution in [0.25, 0.3) is 0 Å². The average Bonchev–Trinajstić information content (AvgIpc) is 3.81. The molecule has 6 aromatic heterocycles. The standard InChI is InChI=1S/C22H23F3N6O3.C18H20N6O2.C16H16N6O2/c1-29(2)20(33)13-6-9-26-18(11-13)28-21(34)31-14-7-10-30(12-14)16-4-3-15(27-19(16)31)17(32)5-8-22(23,24)25;1-22(2)17(25)13-6-7-14-16(20-13)24(12-8-10-23(14)11-12)18(26)21-15-5-3-4-9-19-15;17-14(23)11-4-5-12-15(19-11)22(10-6-8-21(12)9-10)16(24)20-13-3-1-2-7-18-13/h3-4,6,9,11,14H,5,7-8,10,12H2,1-2H3,(H,26,28,34);3-7,9,12H,8,10-11H2,1-2H3,(H,19,21,26);1-5,7,10H,6,8-9H2,(H2,17,23)(H,18,20,24)/t14-;12-;10-/m000/s1. The van der Waals surface area contributed by atoms with Crippen LogP contribution in [0.5, 0.6) is 0 Å². The molecule has 3 atom stereocenters. The first-order chi connectivity index (χ1) is 40.2. The topological polar surface area (TPSA) is 285 Å². The summed E-state index contributed by atoms with van der Waals surface area (Å²) >= 11 is 0. The van der Waals surface area contributed by atoms with Crippen molar-refractivity contribution in [3.8, 4) is 0 Å². The third-order valence-corrected chi connectivity index (χ3v) is 14.8. The van der Waals surface area contributed by atoms with E-state index in [0.29, 0.717) is 59.7 Å². The van der Waals surface area contributed by atoms with Gasteiger partial charge < -0.3 is 30.2 Å². The number of rotatable bonds is 9. The van der Waals surface area contributed by atoms with E-state index < -0.39 is 36.7 Å². The smallest absolute Gasteiger partial charge is 0.366 e. The molecule has 0 spiro atoms. The van der Waals surface area contributed by atoms with Crippen molar-refractivity contribution in [2.75, 3.05) is 113 Å². The fourth-order valence-corrected chi connectivity index (χ4v) is 10.7. The van der Waals surface area contributed by atoms with E-state index in [4.69, 9.17) is 5.73 Å². The summed E-state index contributed by atoms with van der Waals surface area (Å²) in [5.74, 6) is 0.522. The van der Waals surface area contributed by atoms with E-state index in [1.54, 1.807) is 105 Å². The SMILES string of the molecule is CN(C)C(=O)c1ccc2c(n1)N(C(=O)Nc1ccccn1)[C@H]1CCN2C1.CN(C)C(=O)c1ccnc(NC(=O)N2c3nc(C(=O)CCC(F)(F)F)ccc3N3CC[C@H]2C3)c1.NC(=O)c1ccc2c(n1)N(C(=O)Nc1ccccn1)[C@H]1CCN2C1. The monoisotopic (exact) mass is 1150 g/mol. The Morgan fingerprint density at radius 3 is 1.38 bits per heavy atom. The molecule has 3 fully saturated rings. The van der Waals surface area contributed by atoms with Gasteiger partial charge in [-0.1, -0.05) is 12.1 Å². The Morgan fingerprint density at radius 2 is 0.952 bits per heavy atom. The summed E-state index contributed by atoms with van der Waals surface area (Å²) in [6.07, 6.45) is 0.611. The number of aromatic nitrogens is 6. The largest absolute Gasteiger partial charge is 0.389 e. The van der Waals surface area contributed by atoms with Gasteiger partial charge in [0, 0.05) is 98.0 Å². The number of pyridine rings is 6. The molecule has 25 nitrogen and oxygen atoms in total. The maximum absolute atomic E-state index is 13.3. The zero-order chi connectivity index (χ0) is 59.6. The Hall–Kier alpha value is -10.0. The number of anilines is 9. The number of carbonyl (C=O) groups excluding carboxylic acids is 7. The van der Waals surface area contributed by atoms with Crippen molar-refractivity contribution in [1.82, 2.24) is 39.7 Å². The molecule has 6 aliphatic rings. The van der Waals surface area contributed by atoms with Crippen LogP contribution in [0.3, 0.4) is 0 Å². The number of hydrogen-bond donors (Lipinski definition) is 4. The molecule has 6 bridgehead atoms. The molecule has 9 amide bonds. The minimum atomic E-state index is -4.45. The van der Waals surface area contributed by atoms with Gasteiger partial charge in [-0.05, 0) is 92.1 Å². The highest BCUT2D eigenvalue weighted by molar-refractivity contribution is 6.08. The second kappa shape index (κ2) is 23.8. The van der Waals surface area contributed by atoms with Crippen LogP contribution in [0, 0.1) is 0 Å². The molecule has 0 radical (unpaired) electrons. The molecular formula is C56H59F3N18O7. The summed E-state index contributed by atoms with van der Waals surface area (Å²) in [5, 5.41) is 8.29. The second-order valence-electron chi connectivity index (χ2n) is 20.8. The molecule has 0 aliphatic carbocycles. The molecule has 28 heteroatoms. The number of hydrogen-bond acceptors (Lipinski definition) is 16. The molecular weight excluding hydrogens is 1090 g/mol. The molecule has 12 heterocycles. The number of fused-ring (bicyclic) bond motifs is 12. The number of Topliss-reactive ketones (excluding diaryl/α,β-unsaturated/α-hetero) is 1. The van der Waals surface area contributed by atoms with Crippen molar-refractivity contribution in [3.05, 3.63) is 126 Å². The van der Waals surface area contributed by atoms with Gasteiger partial charge in [-0.2, -0.15) is 13.2 Å². The predicted octanol–water partition coefficient (Wildman–Crippen LogP) is 6.35. The first kappa shape index (κ1) is 57.2. The highest BCUT2D eigenvalue weighted by Crippen LogP contribution is 2.42. The van der Waals surface area contributed by atoms with Gasteiger partial charge in [-0.3, -0.25) is 49.8 Å². The summed E-state index contributed by atoms with van der Waals surface area (Å²) in [5.41, 5.74) is 8.37. The number of urea groups is 3. The normalized spacial score (nSPS) is 17.5. The van der Waals surface area contributed by atoms with E-state index in [-0.39, 0.29) is 65.0 Å². The van der Waals surface area contributed by atoms with E-state index in [9.17, 15) is 46.7 Å². The molecule has 5 N–H and O–H groups in total. The zero-order valence-corrected chi connectivity index (χ0v) is 46.2. The summed E-state index contributed by atoms with van der Waals surface area (Å²) < 4.78 is 37.6. The first-order valence-corrected chi connectivity index (χ1v) is 26.9. The minimum absolute atomic E-state index is 0.0110. The number of alkyl halides is 3. The van der Waals surface area contributed by atoms with Crippen LogP contribution >= 0.6 is 0 Å². The molecule has 3 saturated heterocycles. The number of nitrogens with one attached hydrogen (secondary N) is 3. The Kier molecular flexibility index (Phi) is 16.2. The quantitative estimate of drug-likeness (QED) is 0.115. The molecule has 12 rings (SSSR count). The van der Waals surface area contributed by atoms with E-state index in [2.05, 4.69) is 55.7 Å². The van der Waals surface area contributed by atoms with Crippen LogP contribution in [0.15, 0.2) is 104 Å². The van der Waals surface area contributed by atoms with Crippen molar-refractivity contribution in [1.29, 1.82) is 0 Å². The lowest BCUT2D eigenvalue weighted by atomic mass is 10.1. The number of nitrogens with two attached hydrogens (primary N) is 1. The summed E-state index contributed by atoms with van der Waals surface area (Å²) in [4.78, 5) is 127. The third kappa shape index (κ3) is 12.3. The van der Waals surface area contributed by atoms with Crippen molar-refractivity contribution in [2.24, 2.45) is 5.73 Å². The van der Waals surface area contributed by atoms with Crippen molar-refractivity contribution >= 4 is 93.6 Å². The molecule has 0 unspecified atom stereocenters. The Bertz CT molecular complexity index is 3520. The Labute approximate surface area is 479 Å². The highest BCUT2D eigenvalue weighted by Gasteiger charge is 2.44. The molecule has 0 saturated carbocycles. The second-order valence-corrected chi connectivity index (χ2v) is 20.8. The lowest BCUT2D eigenvalue weighted by Crippen LogP contribution is -2.48. The van der Waals surface area contributed by atoms with Gasteiger partial charge in [0.2, 0.25) is 0 Å². The third-order valence-electron chi connectivity index (χ3n) is 14.8. The molecule has 0 aromatic carbocycles. The van der Waals surface area contributed by atoms with Crippen LogP contribution < -0.4 is 51.1 Å². The number of ketones is 1. The predicted molar refractivity (Wildman–Crippen MR) is 306 cm³/mol. The van der Waals surface area contributed by atoms with Gasteiger partial charge in [0.05, 0.1) is 41.6 Å². The summed E-state index contributed by atoms with van der Waals surface area (Å²) in [6, 6.07) is 22.3. The van der Waals surface area contributed by atoms with Crippen LogP contribution in [0.2, 0.25) is 0 Å². The van der Waals surface area contributed by atoms with Gasteiger partial charge in [0.15, 0.2) is 23.2 Å². The van der Waals surface area contributed by atoms with Crippen LogP contribution in [-0.4, -0.2) is 173 Å². The van der Waals surface area contributed by atoms with Crippen molar-refractivity contribution < 1.29 is 46.7 Å². The molecule has 436 valence electrons. The van der Waals surface area contributed by atoms with Crippen LogP contribution in [0.1, 0.15) is 73.9 Å². The van der Waals surface area contributed by atoms with Crippen LogP contribution in [0.4, 0.5) is 79.5 Å². The van der Waals surface area contributed by atoms with E-state index in [1.807, 2.05) is 17.0 Å². The fraction of sp³-hybridized carbons (Fsp3) is 0.339. The average molecular weight is 1150 g/mol. The number of halogens is 3. The van der Waals surface area contributed by atoms with Gasteiger partial charge in [-0.15, -0.1) is 0 Å². The highest BCUT2D eigenvalue weighted by atomic mass is 19.4. The van der Waals surface area contributed by atoms with Crippen molar-refractivity contribution in [2.45, 2.75) is 56.4 Å². The number of primary amides is 1. The van der Waals surface area contributed by atoms with E-state index in [1.165, 1.54) is 39.1 Å². The summed E-state index contributed by atoms with van der Waals surface area (Å²) in [7, 11) is 6.58. The number of carbonyl (C=O) groups is 7. The molecule has 6 aliphatic heterocycles. The lowest BCUT2D eigenvalue weighted by Gasteiger charge is -2.35. The van der Waals surface area contributed by atoms with E-state index >= 15 is 0 Å². The Balaban J connectivity index is 0.000000143. The molecule has 84 heavy (non-hydrogen) atoms. The number of nitrogens with zero attached hydrogens (tertiary/aromatic N) is 14. The van der Waals surface area contributed by atoms with Gasteiger partial charge in [-0.25, -0.2) is 44.3 Å². The van der Waals surface area contributed by atoms with Crippen LogP contribution in [-0.2, 0) is 0 Å². The van der Waals surface area contributed by atoms with Gasteiger partial charge in [0.25, 0.3) is 17.7 Å². The Morgan fingerprint density at radius 1 is 0.536 bits per heavy atom. The molecule has 6 aromatic rings. The van der Waals surface area contributed by atoms with Gasteiger partial charge >= 0.3 is 24.3 Å². The van der Waals surface area contributed by atoms with E-state index in [0.717, 1.165) is 50.4 Å². The fourth-order valence-electron chi connectivity index (χ4n) is 10.7. The maximum atomic E-state index is 13.3. The first-order valence-electron chi connectivity index (χ1n) is 26.9. The lowest BCUT2D eigenvalue weighted by molar-refractivity contribution is -0.133.